The van der Waals surface area contributed by atoms with Gasteiger partial charge >= 0.3 is 11.9 Å². The molecule has 0 spiro atoms. The van der Waals surface area contributed by atoms with Crippen molar-refractivity contribution in [3.8, 4) is 11.5 Å². The van der Waals surface area contributed by atoms with Crippen molar-refractivity contribution in [2.24, 2.45) is 0 Å². The van der Waals surface area contributed by atoms with Crippen molar-refractivity contribution in [3.63, 3.8) is 0 Å². The lowest BCUT2D eigenvalue weighted by molar-refractivity contribution is -0.158. The highest BCUT2D eigenvalue weighted by atomic mass is 16.6. The predicted molar refractivity (Wildman–Crippen MR) is 60.1 cm³/mol. The number of rotatable bonds is 2. The molecule has 92 valence electrons. The van der Waals surface area contributed by atoms with Gasteiger partial charge in [0.2, 0.25) is 0 Å². The number of esters is 1. The number of hydrogen-bond donors (Lipinski definition) is 1. The van der Waals surface area contributed by atoms with Gasteiger partial charge in [0, 0.05) is 0 Å². The van der Waals surface area contributed by atoms with Crippen LogP contribution in [0.15, 0.2) is 24.3 Å². The van der Waals surface area contributed by atoms with Crippen molar-refractivity contribution in [2.45, 2.75) is 26.4 Å². The lowest BCUT2D eigenvalue weighted by Crippen LogP contribution is -2.24. The molecule has 1 aromatic carbocycles. The SMILES string of the molecule is CC(C)(C)Oc1ccccc1OC(=O)C(=O)O. The summed E-state index contributed by atoms with van der Waals surface area (Å²) in [6.45, 7) is 5.51. The van der Waals surface area contributed by atoms with Gasteiger partial charge in [-0.05, 0) is 32.9 Å². The van der Waals surface area contributed by atoms with Gasteiger partial charge in [0.1, 0.15) is 5.60 Å². The van der Waals surface area contributed by atoms with Crippen molar-refractivity contribution >= 4 is 11.9 Å². The first-order chi connectivity index (χ1) is 7.79. The number of carbonyl (C=O) groups is 2. The Bertz CT molecular complexity index is 431. The first-order valence-electron chi connectivity index (χ1n) is 5.03. The van der Waals surface area contributed by atoms with Crippen molar-refractivity contribution in [1.29, 1.82) is 0 Å². The molecule has 1 aromatic rings. The lowest BCUT2D eigenvalue weighted by Gasteiger charge is -2.22. The van der Waals surface area contributed by atoms with Crippen molar-refractivity contribution < 1.29 is 24.2 Å². The molecule has 1 rings (SSSR count). The fourth-order valence-corrected chi connectivity index (χ4v) is 1.09. The van der Waals surface area contributed by atoms with Crippen LogP contribution in [-0.2, 0) is 9.59 Å². The van der Waals surface area contributed by atoms with Gasteiger partial charge < -0.3 is 14.6 Å². The van der Waals surface area contributed by atoms with Crippen LogP contribution in [0, 0.1) is 0 Å². The maximum Gasteiger partial charge on any atom is 0.422 e. The van der Waals surface area contributed by atoms with Crippen LogP contribution in [0.2, 0.25) is 0 Å². The maximum atomic E-state index is 11.0. The molecule has 0 unspecified atom stereocenters. The van der Waals surface area contributed by atoms with Gasteiger partial charge in [-0.3, -0.25) is 0 Å². The highest BCUT2D eigenvalue weighted by Crippen LogP contribution is 2.29. The number of carbonyl (C=O) groups excluding carboxylic acids is 1. The van der Waals surface area contributed by atoms with Crippen LogP contribution in [0.4, 0.5) is 0 Å². The Morgan fingerprint density at radius 2 is 1.65 bits per heavy atom. The smallest absolute Gasteiger partial charge is 0.422 e. The second-order valence-electron chi connectivity index (χ2n) is 4.36. The second-order valence-corrected chi connectivity index (χ2v) is 4.36. The standard InChI is InChI=1S/C12H14O5/c1-12(2,3)17-9-7-5-4-6-8(9)16-11(15)10(13)14/h4-7H,1-3H3,(H,13,14). The Kier molecular flexibility index (Phi) is 3.73. The monoisotopic (exact) mass is 238 g/mol. The molecule has 1 N–H and O–H groups in total. The molecular weight excluding hydrogens is 224 g/mol. The van der Waals surface area contributed by atoms with Gasteiger partial charge in [-0.1, -0.05) is 12.1 Å². The third-order valence-corrected chi connectivity index (χ3v) is 1.64. The summed E-state index contributed by atoms with van der Waals surface area (Å²) in [5.74, 6) is -2.56. The van der Waals surface area contributed by atoms with Crippen LogP contribution < -0.4 is 9.47 Å². The Balaban J connectivity index is 2.92. The minimum atomic E-state index is -1.64. The molecule has 0 aromatic heterocycles. The molecule has 0 atom stereocenters. The molecule has 0 bridgehead atoms. The van der Waals surface area contributed by atoms with E-state index in [1.165, 1.54) is 6.07 Å². The van der Waals surface area contributed by atoms with E-state index in [1.807, 2.05) is 20.8 Å². The minimum absolute atomic E-state index is 0.0924. The summed E-state index contributed by atoms with van der Waals surface area (Å²) in [5, 5.41) is 8.45. The lowest BCUT2D eigenvalue weighted by atomic mass is 10.2. The Morgan fingerprint density at radius 1 is 1.12 bits per heavy atom. The van der Waals surface area contributed by atoms with E-state index < -0.39 is 17.5 Å². The molecule has 17 heavy (non-hydrogen) atoms. The van der Waals surface area contributed by atoms with Gasteiger partial charge in [0.25, 0.3) is 0 Å². The Labute approximate surface area is 99.0 Å². The molecule has 0 radical (unpaired) electrons. The molecule has 0 aliphatic rings. The van der Waals surface area contributed by atoms with E-state index in [-0.39, 0.29) is 5.75 Å². The number of carboxylic acid groups (broad SMARTS) is 1. The number of para-hydroxylation sites is 2. The molecule has 0 amide bonds. The zero-order chi connectivity index (χ0) is 13.1. The number of aliphatic carboxylic acids is 1. The molecule has 0 aliphatic heterocycles. The van der Waals surface area contributed by atoms with Gasteiger partial charge in [-0.15, -0.1) is 0 Å². The van der Waals surface area contributed by atoms with E-state index in [9.17, 15) is 9.59 Å². The highest BCUT2D eigenvalue weighted by Gasteiger charge is 2.19. The summed E-state index contributed by atoms with van der Waals surface area (Å²) in [4.78, 5) is 21.3. The molecule has 0 aliphatic carbocycles. The van der Waals surface area contributed by atoms with Crippen LogP contribution in [0.3, 0.4) is 0 Å². The fraction of sp³-hybridized carbons (Fsp3) is 0.333. The van der Waals surface area contributed by atoms with E-state index in [1.54, 1.807) is 18.2 Å². The first kappa shape index (κ1) is 13.0. The third kappa shape index (κ3) is 4.14. The van der Waals surface area contributed by atoms with E-state index >= 15 is 0 Å². The zero-order valence-corrected chi connectivity index (χ0v) is 9.89. The summed E-state index contributed by atoms with van der Waals surface area (Å²) in [5.41, 5.74) is -0.467. The number of benzene rings is 1. The van der Waals surface area contributed by atoms with E-state index in [4.69, 9.17) is 9.84 Å². The largest absolute Gasteiger partial charge is 0.484 e. The summed E-state index contributed by atoms with van der Waals surface area (Å²) >= 11 is 0. The zero-order valence-electron chi connectivity index (χ0n) is 9.89. The summed E-state index contributed by atoms with van der Waals surface area (Å²) in [6, 6.07) is 6.41. The fourth-order valence-electron chi connectivity index (χ4n) is 1.09. The van der Waals surface area contributed by atoms with Crippen LogP contribution in [0.5, 0.6) is 11.5 Å². The van der Waals surface area contributed by atoms with Crippen LogP contribution in [-0.4, -0.2) is 22.6 Å². The van der Waals surface area contributed by atoms with E-state index in [2.05, 4.69) is 4.74 Å². The maximum absolute atomic E-state index is 11.0. The van der Waals surface area contributed by atoms with Gasteiger partial charge in [0.15, 0.2) is 11.5 Å². The quantitative estimate of drug-likeness (QED) is 0.483. The van der Waals surface area contributed by atoms with Crippen molar-refractivity contribution in [3.05, 3.63) is 24.3 Å². The Morgan fingerprint density at radius 3 is 2.12 bits per heavy atom. The topological polar surface area (TPSA) is 72.8 Å². The van der Waals surface area contributed by atoms with Crippen molar-refractivity contribution in [1.82, 2.24) is 0 Å². The van der Waals surface area contributed by atoms with Gasteiger partial charge in [-0.2, -0.15) is 0 Å². The summed E-state index contributed by atoms with van der Waals surface area (Å²) < 4.78 is 10.2. The number of ether oxygens (including phenoxy) is 2. The molecule has 5 heteroatoms. The molecule has 5 nitrogen and oxygen atoms in total. The minimum Gasteiger partial charge on any atom is -0.484 e. The summed E-state index contributed by atoms with van der Waals surface area (Å²) in [6.07, 6.45) is 0. The van der Waals surface area contributed by atoms with E-state index in [0.717, 1.165) is 0 Å². The molecule has 0 fully saturated rings. The van der Waals surface area contributed by atoms with Crippen LogP contribution in [0.25, 0.3) is 0 Å². The molecule has 0 saturated carbocycles. The Hall–Kier alpha value is -2.04. The summed E-state index contributed by atoms with van der Waals surface area (Å²) in [7, 11) is 0. The third-order valence-electron chi connectivity index (χ3n) is 1.64. The van der Waals surface area contributed by atoms with Crippen molar-refractivity contribution in [2.75, 3.05) is 0 Å². The second kappa shape index (κ2) is 4.86. The molecule has 0 saturated heterocycles. The van der Waals surface area contributed by atoms with Crippen LogP contribution >= 0.6 is 0 Å². The molecular formula is C12H14O5. The normalized spacial score (nSPS) is 10.8. The van der Waals surface area contributed by atoms with Crippen LogP contribution in [0.1, 0.15) is 20.8 Å². The highest BCUT2D eigenvalue weighted by molar-refractivity contribution is 6.29. The average molecular weight is 238 g/mol. The number of carboxylic acids is 1. The molecule has 0 heterocycles. The predicted octanol–water partition coefficient (Wildman–Crippen LogP) is 1.85. The van der Waals surface area contributed by atoms with E-state index in [0.29, 0.717) is 5.75 Å². The average Bonchev–Trinajstić information content (AvgIpc) is 2.18. The number of hydrogen-bond acceptors (Lipinski definition) is 4. The first-order valence-corrected chi connectivity index (χ1v) is 5.03. The van der Waals surface area contributed by atoms with Gasteiger partial charge in [0.05, 0.1) is 0 Å². The van der Waals surface area contributed by atoms with Gasteiger partial charge in [-0.25, -0.2) is 9.59 Å².